The smallest absolute Gasteiger partial charge is 0.316 e. The molecule has 1 amide bonds. The van der Waals surface area contributed by atoms with Crippen molar-refractivity contribution in [1.29, 1.82) is 0 Å². The molecule has 14 heteroatoms. The molecule has 0 spiro atoms. The average molecular weight is 541 g/mol. The van der Waals surface area contributed by atoms with Gasteiger partial charge in [-0.15, -0.1) is 10.2 Å². The van der Waals surface area contributed by atoms with Crippen LogP contribution in [-0.4, -0.2) is 56.0 Å². The van der Waals surface area contributed by atoms with Crippen LogP contribution in [0.15, 0.2) is 57.8 Å². The van der Waals surface area contributed by atoms with Crippen LogP contribution in [0.5, 0.6) is 5.75 Å². The molecule has 2 aromatic carbocycles. The third kappa shape index (κ3) is 5.27. The van der Waals surface area contributed by atoms with Gasteiger partial charge < -0.3 is 9.47 Å². The van der Waals surface area contributed by atoms with Gasteiger partial charge in [-0.2, -0.15) is 0 Å². The molecule has 1 aromatic heterocycles. The van der Waals surface area contributed by atoms with Gasteiger partial charge in [0.1, 0.15) is 5.75 Å². The van der Waals surface area contributed by atoms with Crippen LogP contribution >= 0.6 is 34.7 Å². The highest BCUT2D eigenvalue weighted by atomic mass is 35.5. The summed E-state index contributed by atoms with van der Waals surface area (Å²) in [5, 5.41) is 11.0. The van der Waals surface area contributed by atoms with Crippen molar-refractivity contribution in [3.05, 3.63) is 53.6 Å². The lowest BCUT2D eigenvalue weighted by atomic mass is 10.2. The fraction of sp³-hybridized carbons (Fsp3) is 0.200. The first-order chi connectivity index (χ1) is 16.3. The third-order valence-electron chi connectivity index (χ3n) is 4.61. The van der Waals surface area contributed by atoms with Gasteiger partial charge in [0.15, 0.2) is 10.4 Å². The van der Waals surface area contributed by atoms with Crippen LogP contribution < -0.4 is 14.4 Å². The second-order valence-electron chi connectivity index (χ2n) is 6.79. The first kappa shape index (κ1) is 24.3. The van der Waals surface area contributed by atoms with Gasteiger partial charge >= 0.3 is 5.97 Å². The van der Waals surface area contributed by atoms with E-state index in [0.717, 1.165) is 27.4 Å². The molecule has 2 heterocycles. The highest BCUT2D eigenvalue weighted by Gasteiger charge is 2.37. The van der Waals surface area contributed by atoms with Gasteiger partial charge in [0.05, 0.1) is 30.0 Å². The highest BCUT2D eigenvalue weighted by Crippen LogP contribution is 2.37. The molecule has 4 rings (SSSR count). The number of nitrogens with zero attached hydrogens (tertiary/aromatic N) is 3. The molecule has 0 unspecified atom stereocenters. The maximum absolute atomic E-state index is 13.4. The summed E-state index contributed by atoms with van der Waals surface area (Å²) in [6.07, 6.45) is -1.15. The normalized spacial score (nSPS) is 15.2. The first-order valence-corrected chi connectivity index (χ1v) is 13.3. The van der Waals surface area contributed by atoms with E-state index >= 15 is 0 Å². The molecule has 0 aliphatic carbocycles. The molecule has 0 fully saturated rings. The van der Waals surface area contributed by atoms with Crippen molar-refractivity contribution in [2.45, 2.75) is 15.3 Å². The molecular formula is C20H17ClN4O6S3. The van der Waals surface area contributed by atoms with Crippen LogP contribution in [0.4, 0.5) is 10.8 Å². The van der Waals surface area contributed by atoms with Gasteiger partial charge in [0.2, 0.25) is 5.13 Å². The van der Waals surface area contributed by atoms with E-state index in [1.807, 2.05) is 0 Å². The van der Waals surface area contributed by atoms with E-state index in [9.17, 15) is 18.0 Å². The number of benzene rings is 2. The molecule has 1 N–H and O–H groups in total. The topological polar surface area (TPSA) is 128 Å². The number of sulfonamides is 1. The fourth-order valence-electron chi connectivity index (χ4n) is 2.98. The molecule has 1 aliphatic rings. The van der Waals surface area contributed by atoms with Crippen molar-refractivity contribution in [3.63, 3.8) is 0 Å². The molecule has 0 saturated heterocycles. The van der Waals surface area contributed by atoms with E-state index in [0.29, 0.717) is 15.0 Å². The summed E-state index contributed by atoms with van der Waals surface area (Å²) in [5.41, 5.74) is 0.318. The number of carbonyl (C=O) groups is 2. The number of thioether (sulfide) groups is 1. The Morgan fingerprint density at radius 2 is 1.97 bits per heavy atom. The second kappa shape index (κ2) is 10.2. The summed E-state index contributed by atoms with van der Waals surface area (Å²) in [5.74, 6) is -0.703. The number of anilines is 2. The number of fused-ring (bicyclic) bond motifs is 1. The number of hydrogen-bond donors (Lipinski definition) is 1. The van der Waals surface area contributed by atoms with Crippen molar-refractivity contribution in [3.8, 4) is 5.75 Å². The number of carbonyl (C=O) groups excluding carboxylic acids is 2. The Morgan fingerprint density at radius 3 is 2.71 bits per heavy atom. The standard InChI is InChI=1S/C20H17ClN4O6S3/c1-30-17(26)11-32-20-24-23-19(33-20)22-18(27)16-10-25(14-4-2-3-5-15(14)31-16)34(28,29)13-8-6-12(21)7-9-13/h2-9,16H,10-11H2,1H3,(H,22,23,27)/t16-/m0/s1. The van der Waals surface area contributed by atoms with E-state index < -0.39 is 28.0 Å². The molecule has 178 valence electrons. The number of para-hydroxylation sites is 2. The Labute approximate surface area is 208 Å². The molecule has 0 bridgehead atoms. The fourth-order valence-corrected chi connectivity index (χ4v) is 6.17. The van der Waals surface area contributed by atoms with Crippen LogP contribution in [-0.2, 0) is 24.3 Å². The summed E-state index contributed by atoms with van der Waals surface area (Å²) in [6, 6.07) is 12.3. The Kier molecular flexibility index (Phi) is 7.26. The Balaban J connectivity index is 1.54. The maximum Gasteiger partial charge on any atom is 0.316 e. The largest absolute Gasteiger partial charge is 0.476 e. The lowest BCUT2D eigenvalue weighted by molar-refractivity contribution is -0.137. The summed E-state index contributed by atoms with van der Waals surface area (Å²) >= 11 is 8.09. The quantitative estimate of drug-likeness (QED) is 0.273. The molecule has 3 aromatic rings. The summed E-state index contributed by atoms with van der Waals surface area (Å²) < 4.78 is 38.7. The van der Waals surface area contributed by atoms with Crippen LogP contribution in [0.25, 0.3) is 0 Å². The Morgan fingerprint density at radius 1 is 1.24 bits per heavy atom. The minimum Gasteiger partial charge on any atom is -0.476 e. The summed E-state index contributed by atoms with van der Waals surface area (Å²) in [6.45, 7) is -0.253. The van der Waals surface area contributed by atoms with Crippen LogP contribution in [0, 0.1) is 0 Å². The SMILES string of the molecule is COC(=O)CSc1nnc(NC(=O)[C@@H]2CN(S(=O)(=O)c3ccc(Cl)cc3)c3ccccc3O2)s1. The van der Waals surface area contributed by atoms with E-state index in [1.165, 1.54) is 31.4 Å². The van der Waals surface area contributed by atoms with Gasteiger partial charge in [-0.3, -0.25) is 19.2 Å². The number of methoxy groups -OCH3 is 1. The number of nitrogens with one attached hydrogen (secondary N) is 1. The summed E-state index contributed by atoms with van der Waals surface area (Å²) in [7, 11) is -2.72. The van der Waals surface area contributed by atoms with Gasteiger partial charge in [-0.05, 0) is 36.4 Å². The van der Waals surface area contributed by atoms with Crippen LogP contribution in [0.2, 0.25) is 5.02 Å². The van der Waals surface area contributed by atoms with E-state index in [2.05, 4.69) is 20.3 Å². The molecule has 10 nitrogen and oxygen atoms in total. The zero-order valence-electron chi connectivity index (χ0n) is 17.5. The van der Waals surface area contributed by atoms with Crippen LogP contribution in [0.1, 0.15) is 0 Å². The van der Waals surface area contributed by atoms with Gasteiger partial charge in [-0.25, -0.2) is 8.42 Å². The number of halogens is 1. The minimum atomic E-state index is -4.00. The van der Waals surface area contributed by atoms with E-state index in [1.54, 1.807) is 24.3 Å². The predicted octanol–water partition coefficient (Wildman–Crippen LogP) is 3.05. The Bertz CT molecular complexity index is 1320. The number of amides is 1. The van der Waals surface area contributed by atoms with Gasteiger partial charge in [0.25, 0.3) is 15.9 Å². The zero-order chi connectivity index (χ0) is 24.3. The van der Waals surface area contributed by atoms with Gasteiger partial charge in [-0.1, -0.05) is 46.8 Å². The van der Waals surface area contributed by atoms with Crippen molar-refractivity contribution >= 4 is 67.4 Å². The van der Waals surface area contributed by atoms with E-state index in [-0.39, 0.29) is 28.1 Å². The molecular weight excluding hydrogens is 524 g/mol. The number of esters is 1. The zero-order valence-corrected chi connectivity index (χ0v) is 20.7. The molecule has 0 saturated carbocycles. The minimum absolute atomic E-state index is 0.0316. The van der Waals surface area contributed by atoms with Crippen molar-refractivity contribution in [2.24, 2.45) is 0 Å². The second-order valence-corrected chi connectivity index (χ2v) is 11.3. The third-order valence-corrected chi connectivity index (χ3v) is 8.60. The van der Waals surface area contributed by atoms with Crippen molar-refractivity contribution in [2.75, 3.05) is 29.0 Å². The van der Waals surface area contributed by atoms with Crippen molar-refractivity contribution < 1.29 is 27.5 Å². The molecule has 0 radical (unpaired) electrons. The van der Waals surface area contributed by atoms with Crippen LogP contribution in [0.3, 0.4) is 0 Å². The lowest BCUT2D eigenvalue weighted by Crippen LogP contribution is -2.48. The lowest BCUT2D eigenvalue weighted by Gasteiger charge is -2.34. The molecule has 34 heavy (non-hydrogen) atoms. The first-order valence-electron chi connectivity index (χ1n) is 9.66. The van der Waals surface area contributed by atoms with Gasteiger partial charge in [0, 0.05) is 5.02 Å². The number of aromatic nitrogens is 2. The molecule has 1 aliphatic heterocycles. The predicted molar refractivity (Wildman–Crippen MR) is 128 cm³/mol. The number of hydrogen-bond acceptors (Lipinski definition) is 10. The summed E-state index contributed by atoms with van der Waals surface area (Å²) in [4.78, 5) is 24.2. The maximum atomic E-state index is 13.4. The number of rotatable bonds is 7. The highest BCUT2D eigenvalue weighted by molar-refractivity contribution is 8.01. The number of ether oxygens (including phenoxy) is 2. The van der Waals surface area contributed by atoms with E-state index in [4.69, 9.17) is 16.3 Å². The Hall–Kier alpha value is -2.87. The average Bonchev–Trinajstić information content (AvgIpc) is 3.29. The van der Waals surface area contributed by atoms with Crippen molar-refractivity contribution in [1.82, 2.24) is 10.2 Å². The molecule has 1 atom stereocenters. The monoisotopic (exact) mass is 540 g/mol.